The summed E-state index contributed by atoms with van der Waals surface area (Å²) >= 11 is 0. The monoisotopic (exact) mass is 265 g/mol. The van der Waals surface area contributed by atoms with Gasteiger partial charge < -0.3 is 4.74 Å². The highest BCUT2D eigenvalue weighted by Gasteiger charge is 2.37. The van der Waals surface area contributed by atoms with E-state index in [4.69, 9.17) is 9.57 Å². The van der Waals surface area contributed by atoms with Crippen LogP contribution in [0.5, 0.6) is 0 Å². The Labute approximate surface area is 102 Å². The minimum Gasteiger partial charge on any atom is -0.369 e. The maximum absolute atomic E-state index is 12.1. The Bertz CT molecular complexity index is 374. The first-order chi connectivity index (χ1) is 7.84. The molecule has 0 bridgehead atoms. The summed E-state index contributed by atoms with van der Waals surface area (Å²) in [6, 6.07) is 0. The first-order valence-corrected chi connectivity index (χ1v) is 7.37. The summed E-state index contributed by atoms with van der Waals surface area (Å²) in [7, 11) is -1.65. The molecular formula is C10H19NO5S. The lowest BCUT2D eigenvalue weighted by atomic mass is 10.0. The van der Waals surface area contributed by atoms with E-state index in [-0.39, 0.29) is 30.6 Å². The van der Waals surface area contributed by atoms with E-state index in [2.05, 4.69) is 0 Å². The first kappa shape index (κ1) is 14.4. The fourth-order valence-electron chi connectivity index (χ4n) is 1.47. The molecule has 1 atom stereocenters. The number of carbonyl (C=O) groups is 1. The molecule has 1 saturated heterocycles. The van der Waals surface area contributed by atoms with Gasteiger partial charge >= 0.3 is 0 Å². The van der Waals surface area contributed by atoms with Gasteiger partial charge in [-0.3, -0.25) is 9.63 Å². The van der Waals surface area contributed by atoms with Crippen LogP contribution in [-0.4, -0.2) is 56.8 Å². The molecule has 100 valence electrons. The van der Waals surface area contributed by atoms with Crippen molar-refractivity contribution in [2.75, 3.05) is 31.8 Å². The van der Waals surface area contributed by atoms with Crippen LogP contribution >= 0.6 is 0 Å². The van der Waals surface area contributed by atoms with Crippen molar-refractivity contribution in [3.05, 3.63) is 0 Å². The van der Waals surface area contributed by atoms with E-state index >= 15 is 0 Å². The quantitative estimate of drug-likeness (QED) is 0.717. The summed E-state index contributed by atoms with van der Waals surface area (Å²) in [6.45, 7) is 3.56. The zero-order valence-corrected chi connectivity index (χ0v) is 11.2. The Morgan fingerprint density at radius 3 is 2.65 bits per heavy atom. The molecule has 0 aromatic carbocycles. The van der Waals surface area contributed by atoms with Crippen LogP contribution in [0.3, 0.4) is 0 Å². The van der Waals surface area contributed by atoms with E-state index in [1.807, 2.05) is 6.92 Å². The minimum absolute atomic E-state index is 0.0115. The van der Waals surface area contributed by atoms with Gasteiger partial charge in [0.1, 0.15) is 5.60 Å². The highest BCUT2D eigenvalue weighted by Crippen LogP contribution is 2.19. The van der Waals surface area contributed by atoms with E-state index in [1.165, 1.54) is 7.11 Å². The summed E-state index contributed by atoms with van der Waals surface area (Å²) < 4.78 is 27.9. The van der Waals surface area contributed by atoms with Gasteiger partial charge in [0.25, 0.3) is 5.91 Å². The van der Waals surface area contributed by atoms with Crippen LogP contribution in [0.15, 0.2) is 0 Å². The molecule has 0 saturated carbocycles. The van der Waals surface area contributed by atoms with Crippen LogP contribution in [0.2, 0.25) is 0 Å². The predicted molar refractivity (Wildman–Crippen MR) is 62.0 cm³/mol. The highest BCUT2D eigenvalue weighted by atomic mass is 32.2. The topological polar surface area (TPSA) is 72.9 Å². The van der Waals surface area contributed by atoms with Crippen LogP contribution < -0.4 is 0 Å². The second kappa shape index (κ2) is 5.32. The van der Waals surface area contributed by atoms with Crippen molar-refractivity contribution in [2.45, 2.75) is 25.9 Å². The molecule has 1 unspecified atom stereocenters. The zero-order chi connectivity index (χ0) is 13.1. The Morgan fingerprint density at radius 2 is 2.12 bits per heavy atom. The molecule has 0 aliphatic carbocycles. The summed E-state index contributed by atoms with van der Waals surface area (Å²) in [5.41, 5.74) is -0.964. The van der Waals surface area contributed by atoms with Crippen molar-refractivity contribution in [3.63, 3.8) is 0 Å². The Balaban J connectivity index is 2.77. The number of ether oxygens (including phenoxy) is 1. The Kier molecular flexibility index (Phi) is 4.51. The third kappa shape index (κ3) is 3.40. The molecule has 1 aliphatic rings. The maximum atomic E-state index is 12.1. The molecule has 1 heterocycles. The zero-order valence-electron chi connectivity index (χ0n) is 10.4. The van der Waals surface area contributed by atoms with Gasteiger partial charge in [-0.05, 0) is 13.3 Å². The molecule has 17 heavy (non-hydrogen) atoms. The van der Waals surface area contributed by atoms with E-state index in [0.717, 1.165) is 5.06 Å². The minimum atomic E-state index is -3.10. The van der Waals surface area contributed by atoms with Crippen molar-refractivity contribution in [3.8, 4) is 0 Å². The van der Waals surface area contributed by atoms with E-state index in [0.29, 0.717) is 6.42 Å². The molecule has 1 aliphatic heterocycles. The number of sulfone groups is 1. The van der Waals surface area contributed by atoms with Gasteiger partial charge in [-0.15, -0.1) is 0 Å². The van der Waals surface area contributed by atoms with E-state index in [1.54, 1.807) is 6.92 Å². The normalized spacial score (nSPS) is 23.8. The number of hydrogen-bond acceptors (Lipinski definition) is 5. The molecule has 1 fully saturated rings. The van der Waals surface area contributed by atoms with Crippen molar-refractivity contribution in [1.82, 2.24) is 5.06 Å². The number of rotatable bonds is 3. The van der Waals surface area contributed by atoms with Crippen LogP contribution in [0, 0.1) is 0 Å². The van der Waals surface area contributed by atoms with E-state index < -0.39 is 15.4 Å². The molecule has 7 heteroatoms. The lowest BCUT2D eigenvalue weighted by Crippen LogP contribution is -2.48. The van der Waals surface area contributed by atoms with Crippen molar-refractivity contribution in [1.29, 1.82) is 0 Å². The molecule has 0 N–H and O–H groups in total. The number of hydrogen-bond donors (Lipinski definition) is 0. The van der Waals surface area contributed by atoms with Gasteiger partial charge in [0.15, 0.2) is 9.84 Å². The average molecular weight is 265 g/mol. The number of nitrogens with zero attached hydrogens (tertiary/aromatic N) is 1. The fourth-order valence-corrected chi connectivity index (χ4v) is 2.45. The smallest absolute Gasteiger partial charge is 0.278 e. The molecule has 0 radical (unpaired) electrons. The number of amides is 1. The average Bonchev–Trinajstić information content (AvgIpc) is 2.48. The van der Waals surface area contributed by atoms with Crippen LogP contribution in [0.4, 0.5) is 0 Å². The van der Waals surface area contributed by atoms with Crippen LogP contribution in [0.1, 0.15) is 20.3 Å². The van der Waals surface area contributed by atoms with Gasteiger partial charge in [-0.25, -0.2) is 13.5 Å². The maximum Gasteiger partial charge on any atom is 0.278 e. The van der Waals surface area contributed by atoms with Crippen molar-refractivity contribution >= 4 is 15.7 Å². The predicted octanol–water partition coefficient (Wildman–Crippen LogP) is -0.00990. The second-order valence-corrected chi connectivity index (χ2v) is 6.48. The molecule has 0 aromatic heterocycles. The molecular weight excluding hydrogens is 246 g/mol. The lowest BCUT2D eigenvalue weighted by Gasteiger charge is -2.30. The van der Waals surface area contributed by atoms with Crippen LogP contribution in [0.25, 0.3) is 0 Å². The largest absolute Gasteiger partial charge is 0.369 e. The van der Waals surface area contributed by atoms with Gasteiger partial charge in [-0.2, -0.15) is 0 Å². The van der Waals surface area contributed by atoms with Gasteiger partial charge in [-0.1, -0.05) is 6.92 Å². The third-order valence-electron chi connectivity index (χ3n) is 3.05. The Hall–Kier alpha value is -0.660. The molecule has 0 aromatic rings. The standard InChI is InChI=1S/C10H19NO5S/c1-4-10(2,15-3)9(12)11-5-7-17(13,14)8-6-16-11/h4-8H2,1-3H3. The second-order valence-electron chi connectivity index (χ2n) is 4.18. The van der Waals surface area contributed by atoms with E-state index in [9.17, 15) is 13.2 Å². The SMILES string of the molecule is CCC(C)(OC)C(=O)N1CCS(=O)(=O)CCO1. The third-order valence-corrected chi connectivity index (χ3v) is 4.64. The summed E-state index contributed by atoms with van der Waals surface area (Å²) in [4.78, 5) is 17.3. The molecule has 1 amide bonds. The summed E-state index contributed by atoms with van der Waals surface area (Å²) in [6.07, 6.45) is 0.495. The summed E-state index contributed by atoms with van der Waals surface area (Å²) in [5, 5.41) is 1.11. The van der Waals surface area contributed by atoms with Crippen molar-refractivity contribution < 1.29 is 22.8 Å². The van der Waals surface area contributed by atoms with Gasteiger partial charge in [0.05, 0.1) is 24.7 Å². The molecule has 0 spiro atoms. The highest BCUT2D eigenvalue weighted by molar-refractivity contribution is 7.91. The van der Waals surface area contributed by atoms with Crippen molar-refractivity contribution in [2.24, 2.45) is 0 Å². The van der Waals surface area contributed by atoms with Gasteiger partial charge in [0, 0.05) is 7.11 Å². The van der Waals surface area contributed by atoms with Crippen LogP contribution in [-0.2, 0) is 24.2 Å². The number of carbonyl (C=O) groups excluding carboxylic acids is 1. The Morgan fingerprint density at radius 1 is 1.47 bits per heavy atom. The number of methoxy groups -OCH3 is 1. The first-order valence-electron chi connectivity index (χ1n) is 5.55. The fraction of sp³-hybridized carbons (Fsp3) is 0.900. The molecule has 1 rings (SSSR count). The molecule has 6 nitrogen and oxygen atoms in total. The lowest BCUT2D eigenvalue weighted by molar-refractivity contribution is -0.201. The van der Waals surface area contributed by atoms with Gasteiger partial charge in [0.2, 0.25) is 0 Å². The summed E-state index contributed by atoms with van der Waals surface area (Å²) in [5.74, 6) is -0.450. The number of hydroxylamine groups is 2.